The summed E-state index contributed by atoms with van der Waals surface area (Å²) in [4.78, 5) is 40.0. The zero-order valence-corrected chi connectivity index (χ0v) is 15.8. The third-order valence-corrected chi connectivity index (χ3v) is 4.64. The first-order valence-corrected chi connectivity index (χ1v) is 9.15. The van der Waals surface area contributed by atoms with Gasteiger partial charge >= 0.3 is 0 Å². The lowest BCUT2D eigenvalue weighted by molar-refractivity contribution is -0.133. The number of hydrogen-bond acceptors (Lipinski definition) is 4. The van der Waals surface area contributed by atoms with Gasteiger partial charge in [0, 0.05) is 31.7 Å². The van der Waals surface area contributed by atoms with Crippen LogP contribution < -0.4 is 11.1 Å². The Morgan fingerprint density at radius 3 is 2.48 bits per heavy atom. The molecule has 1 saturated heterocycles. The summed E-state index contributed by atoms with van der Waals surface area (Å²) in [7, 11) is 0. The first-order valence-electron chi connectivity index (χ1n) is 9.15. The Kier molecular flexibility index (Phi) is 7.29. The zero-order chi connectivity index (χ0) is 20.0. The summed E-state index contributed by atoms with van der Waals surface area (Å²) in [5, 5.41) is 2.57. The van der Waals surface area contributed by atoms with Gasteiger partial charge in [0.05, 0.1) is 12.6 Å². The number of nitrogens with one attached hydrogen (secondary N) is 1. The number of hydrogen-bond donors (Lipinski definition) is 2. The molecule has 1 fully saturated rings. The molecule has 3 N–H and O–H groups in total. The van der Waals surface area contributed by atoms with E-state index in [4.69, 9.17) is 5.73 Å². The topological polar surface area (TPSA) is 95.7 Å². The monoisotopic (exact) mass is 378 g/mol. The van der Waals surface area contributed by atoms with Crippen LogP contribution in [0.3, 0.4) is 0 Å². The van der Waals surface area contributed by atoms with Crippen molar-refractivity contribution < 1.29 is 18.8 Å². The van der Waals surface area contributed by atoms with Crippen LogP contribution in [0.15, 0.2) is 24.3 Å². The van der Waals surface area contributed by atoms with E-state index in [2.05, 4.69) is 5.32 Å². The third-order valence-electron chi connectivity index (χ3n) is 4.64. The van der Waals surface area contributed by atoms with E-state index in [9.17, 15) is 18.8 Å². The summed E-state index contributed by atoms with van der Waals surface area (Å²) in [5.41, 5.74) is 6.06. The molecule has 7 nitrogen and oxygen atoms in total. The van der Waals surface area contributed by atoms with Crippen molar-refractivity contribution in [2.24, 2.45) is 11.7 Å². The van der Waals surface area contributed by atoms with E-state index in [1.165, 1.54) is 18.2 Å². The zero-order valence-electron chi connectivity index (χ0n) is 15.8. The molecule has 3 amide bonds. The van der Waals surface area contributed by atoms with Crippen molar-refractivity contribution in [1.29, 1.82) is 0 Å². The fraction of sp³-hybridized carbons (Fsp3) is 0.526. The Morgan fingerprint density at radius 2 is 1.81 bits per heavy atom. The van der Waals surface area contributed by atoms with Gasteiger partial charge in [-0.1, -0.05) is 19.9 Å². The first kappa shape index (κ1) is 20.8. The van der Waals surface area contributed by atoms with Gasteiger partial charge in [0.2, 0.25) is 11.8 Å². The van der Waals surface area contributed by atoms with Crippen LogP contribution in [0.5, 0.6) is 0 Å². The number of rotatable bonds is 5. The summed E-state index contributed by atoms with van der Waals surface area (Å²) in [6.07, 6.45) is 0.617. The predicted molar refractivity (Wildman–Crippen MR) is 99.3 cm³/mol. The molecular formula is C19H27FN4O3. The van der Waals surface area contributed by atoms with Crippen LogP contribution in [0.2, 0.25) is 0 Å². The Hall–Kier alpha value is -2.48. The second-order valence-electron chi connectivity index (χ2n) is 7.02. The largest absolute Gasteiger partial charge is 0.346 e. The van der Waals surface area contributed by atoms with E-state index in [-0.39, 0.29) is 30.2 Å². The number of nitrogens with two attached hydrogens (primary N) is 1. The summed E-state index contributed by atoms with van der Waals surface area (Å²) in [6, 6.07) is 4.93. The van der Waals surface area contributed by atoms with Crippen LogP contribution >= 0.6 is 0 Å². The molecule has 1 aromatic carbocycles. The molecule has 1 aromatic rings. The number of carbonyl (C=O) groups excluding carboxylic acids is 3. The summed E-state index contributed by atoms with van der Waals surface area (Å²) >= 11 is 0. The van der Waals surface area contributed by atoms with Gasteiger partial charge in [-0.15, -0.1) is 0 Å². The van der Waals surface area contributed by atoms with E-state index < -0.39 is 11.9 Å². The molecular weight excluding hydrogens is 351 g/mol. The lowest BCUT2D eigenvalue weighted by atomic mass is 10.1. The Bertz CT molecular complexity index is 695. The molecule has 0 aromatic heterocycles. The average molecular weight is 378 g/mol. The fourth-order valence-corrected chi connectivity index (χ4v) is 2.87. The molecule has 0 saturated carbocycles. The molecule has 0 bridgehead atoms. The van der Waals surface area contributed by atoms with Gasteiger partial charge < -0.3 is 20.9 Å². The molecule has 1 heterocycles. The maximum Gasteiger partial charge on any atom is 0.254 e. The van der Waals surface area contributed by atoms with E-state index in [1.807, 2.05) is 13.8 Å². The second kappa shape index (κ2) is 9.45. The van der Waals surface area contributed by atoms with Crippen molar-refractivity contribution in [1.82, 2.24) is 15.1 Å². The second-order valence-corrected chi connectivity index (χ2v) is 7.02. The average Bonchev–Trinajstić information content (AvgIpc) is 2.90. The molecule has 0 radical (unpaired) electrons. The van der Waals surface area contributed by atoms with Gasteiger partial charge in [0.25, 0.3) is 5.91 Å². The predicted octanol–water partition coefficient (Wildman–Crippen LogP) is 0.600. The molecule has 8 heteroatoms. The fourth-order valence-electron chi connectivity index (χ4n) is 2.87. The maximum atomic E-state index is 13.3. The van der Waals surface area contributed by atoms with E-state index in [0.717, 1.165) is 0 Å². The quantitative estimate of drug-likeness (QED) is 0.784. The van der Waals surface area contributed by atoms with Crippen LogP contribution in [0, 0.1) is 11.7 Å². The highest BCUT2D eigenvalue weighted by atomic mass is 19.1. The van der Waals surface area contributed by atoms with E-state index in [1.54, 1.807) is 15.9 Å². The number of halogens is 1. The molecule has 148 valence electrons. The summed E-state index contributed by atoms with van der Waals surface area (Å²) in [5.74, 6) is -1.28. The van der Waals surface area contributed by atoms with Crippen molar-refractivity contribution in [2.45, 2.75) is 26.3 Å². The van der Waals surface area contributed by atoms with Gasteiger partial charge in [-0.3, -0.25) is 14.4 Å². The van der Waals surface area contributed by atoms with Crippen LogP contribution in [-0.4, -0.2) is 66.3 Å². The van der Waals surface area contributed by atoms with Gasteiger partial charge in [-0.2, -0.15) is 0 Å². The molecule has 1 atom stereocenters. The number of nitrogens with zero attached hydrogens (tertiary/aromatic N) is 2. The minimum Gasteiger partial charge on any atom is -0.346 e. The van der Waals surface area contributed by atoms with Crippen LogP contribution in [0.25, 0.3) is 0 Å². The summed E-state index contributed by atoms with van der Waals surface area (Å²) < 4.78 is 13.3. The molecule has 0 aliphatic carbocycles. The van der Waals surface area contributed by atoms with Crippen LogP contribution in [-0.2, 0) is 9.59 Å². The Morgan fingerprint density at radius 1 is 1.15 bits per heavy atom. The van der Waals surface area contributed by atoms with Crippen molar-refractivity contribution >= 4 is 17.7 Å². The van der Waals surface area contributed by atoms with Crippen LogP contribution in [0.1, 0.15) is 30.6 Å². The van der Waals surface area contributed by atoms with Gasteiger partial charge in [-0.05, 0) is 30.5 Å². The SMILES string of the molecule is CC(C)[C@H](N)C(=O)NCC(=O)N1CCCN(C(=O)c2cccc(F)c2)CC1. The molecule has 2 rings (SSSR count). The lowest BCUT2D eigenvalue weighted by Crippen LogP contribution is -2.48. The highest BCUT2D eigenvalue weighted by Crippen LogP contribution is 2.11. The Labute approximate surface area is 158 Å². The molecule has 1 aliphatic rings. The van der Waals surface area contributed by atoms with Gasteiger partial charge in [0.1, 0.15) is 5.82 Å². The van der Waals surface area contributed by atoms with Gasteiger partial charge in [-0.25, -0.2) is 4.39 Å². The van der Waals surface area contributed by atoms with Crippen molar-refractivity contribution in [3.8, 4) is 0 Å². The minimum atomic E-state index is -0.652. The third kappa shape index (κ3) is 5.75. The van der Waals surface area contributed by atoms with E-state index in [0.29, 0.717) is 38.2 Å². The number of amides is 3. The van der Waals surface area contributed by atoms with Gasteiger partial charge in [0.15, 0.2) is 0 Å². The maximum absolute atomic E-state index is 13.3. The first-order chi connectivity index (χ1) is 12.8. The highest BCUT2D eigenvalue weighted by molar-refractivity contribution is 5.94. The van der Waals surface area contributed by atoms with E-state index >= 15 is 0 Å². The number of benzene rings is 1. The number of carbonyl (C=O) groups is 3. The molecule has 0 spiro atoms. The molecule has 0 unspecified atom stereocenters. The Balaban J connectivity index is 1.87. The molecule has 27 heavy (non-hydrogen) atoms. The smallest absolute Gasteiger partial charge is 0.254 e. The van der Waals surface area contributed by atoms with Crippen LogP contribution in [0.4, 0.5) is 4.39 Å². The normalized spacial score (nSPS) is 16.0. The van der Waals surface area contributed by atoms with Crippen molar-refractivity contribution in [2.75, 3.05) is 32.7 Å². The molecule has 1 aliphatic heterocycles. The minimum absolute atomic E-state index is 0.0133. The van der Waals surface area contributed by atoms with Crippen molar-refractivity contribution in [3.05, 3.63) is 35.6 Å². The summed E-state index contributed by atoms with van der Waals surface area (Å²) in [6.45, 7) is 5.28. The standard InChI is InChI=1S/C19H27FN4O3/c1-13(2)17(21)18(26)22-12-16(25)23-7-4-8-24(10-9-23)19(27)14-5-3-6-15(20)11-14/h3,5-6,11,13,17H,4,7-10,12,21H2,1-2H3,(H,22,26)/t17-/m0/s1. The lowest BCUT2D eigenvalue weighted by Gasteiger charge is -2.23. The van der Waals surface area contributed by atoms with Crippen molar-refractivity contribution in [3.63, 3.8) is 0 Å². The highest BCUT2D eigenvalue weighted by Gasteiger charge is 2.24.